The molecule has 0 atom stereocenters. The maximum Gasteiger partial charge on any atom is 0.309 e. The molecule has 0 radical (unpaired) electrons. The van der Waals surface area contributed by atoms with Crippen molar-refractivity contribution in [2.45, 2.75) is 12.8 Å². The lowest BCUT2D eigenvalue weighted by atomic mass is 10.4. The van der Waals surface area contributed by atoms with Gasteiger partial charge in [-0.3, -0.25) is 4.79 Å². The number of allylic oxidation sites excluding steroid dienone is 1. The van der Waals surface area contributed by atoms with Gasteiger partial charge in [0.1, 0.15) is 6.61 Å². The number of rotatable bonds is 3. The molecule has 0 bridgehead atoms. The number of hydrogen-bond acceptors (Lipinski definition) is 2. The van der Waals surface area contributed by atoms with Gasteiger partial charge in [0.05, 0.1) is 5.92 Å². The fourth-order valence-electron chi connectivity index (χ4n) is 0.683. The molecule has 2 nitrogen and oxygen atoms in total. The molecule has 1 aliphatic rings. The number of carbonyl (C=O) groups is 1. The summed E-state index contributed by atoms with van der Waals surface area (Å²) in [5.41, 5.74) is 0. The Morgan fingerprint density at radius 1 is 1.73 bits per heavy atom. The summed E-state index contributed by atoms with van der Waals surface area (Å²) in [5.74, 6) is 2.40. The average molecular weight is 150 g/mol. The molecule has 1 rings (SSSR count). The monoisotopic (exact) mass is 150 g/mol. The Bertz CT molecular complexity index is 206. The molecule has 0 heterocycles. The molecule has 0 amide bonds. The van der Waals surface area contributed by atoms with Crippen LogP contribution in [0.5, 0.6) is 0 Å². The Balaban J connectivity index is 2.07. The fraction of sp³-hybridized carbons (Fsp3) is 0.444. The summed E-state index contributed by atoms with van der Waals surface area (Å²) in [7, 11) is 0. The summed E-state index contributed by atoms with van der Waals surface area (Å²) in [6.45, 7) is 0.305. The Morgan fingerprint density at radius 2 is 2.45 bits per heavy atom. The van der Waals surface area contributed by atoms with Crippen LogP contribution in [0.3, 0.4) is 0 Å². The molecular formula is C9H10O2. The third kappa shape index (κ3) is 2.90. The molecular weight excluding hydrogens is 140 g/mol. The number of terminal acetylenes is 1. The summed E-state index contributed by atoms with van der Waals surface area (Å²) in [5, 5.41) is 0. The first-order valence-corrected chi connectivity index (χ1v) is 3.62. The van der Waals surface area contributed by atoms with Crippen LogP contribution in [0.1, 0.15) is 12.8 Å². The zero-order chi connectivity index (χ0) is 8.10. The third-order valence-electron chi connectivity index (χ3n) is 1.45. The van der Waals surface area contributed by atoms with Gasteiger partial charge in [-0.1, -0.05) is 5.92 Å². The van der Waals surface area contributed by atoms with E-state index < -0.39 is 0 Å². The second-order valence-electron chi connectivity index (χ2n) is 2.47. The average Bonchev–Trinajstić information content (AvgIpc) is 2.79. The van der Waals surface area contributed by atoms with Crippen molar-refractivity contribution < 1.29 is 9.53 Å². The first-order valence-electron chi connectivity index (χ1n) is 3.62. The predicted octanol–water partition coefficient (Wildman–Crippen LogP) is 1.13. The Labute approximate surface area is 66.2 Å². The lowest BCUT2D eigenvalue weighted by molar-refractivity contribution is -0.143. The first-order chi connectivity index (χ1) is 5.34. The molecule has 1 saturated carbocycles. The van der Waals surface area contributed by atoms with Gasteiger partial charge < -0.3 is 4.74 Å². The quantitative estimate of drug-likeness (QED) is 0.445. The van der Waals surface area contributed by atoms with Gasteiger partial charge in [0.2, 0.25) is 0 Å². The molecule has 2 heteroatoms. The van der Waals surface area contributed by atoms with E-state index in [0.717, 1.165) is 12.8 Å². The van der Waals surface area contributed by atoms with Gasteiger partial charge in [-0.25, -0.2) is 0 Å². The topological polar surface area (TPSA) is 26.3 Å². The van der Waals surface area contributed by atoms with Crippen LogP contribution in [0.15, 0.2) is 12.2 Å². The summed E-state index contributed by atoms with van der Waals surface area (Å²) >= 11 is 0. The SMILES string of the molecule is C#CC=CCOC(=O)C1CC1. The minimum absolute atomic E-state index is 0.0910. The van der Waals surface area contributed by atoms with E-state index in [9.17, 15) is 4.79 Å². The lowest BCUT2D eigenvalue weighted by Gasteiger charge is -1.97. The molecule has 0 aromatic heterocycles. The van der Waals surface area contributed by atoms with E-state index in [2.05, 4.69) is 5.92 Å². The number of carbonyl (C=O) groups excluding carboxylic acids is 1. The summed E-state index contributed by atoms with van der Waals surface area (Å²) < 4.78 is 4.85. The minimum atomic E-state index is -0.0910. The van der Waals surface area contributed by atoms with E-state index >= 15 is 0 Å². The number of hydrogen-bond donors (Lipinski definition) is 0. The van der Waals surface area contributed by atoms with Crippen LogP contribution in [0.4, 0.5) is 0 Å². The van der Waals surface area contributed by atoms with Crippen molar-refractivity contribution in [1.29, 1.82) is 0 Å². The Morgan fingerprint density at radius 3 is 3.00 bits per heavy atom. The summed E-state index contributed by atoms with van der Waals surface area (Å²) in [6, 6.07) is 0. The van der Waals surface area contributed by atoms with Gasteiger partial charge in [0, 0.05) is 0 Å². The highest BCUT2D eigenvalue weighted by Gasteiger charge is 2.30. The number of esters is 1. The van der Waals surface area contributed by atoms with Crippen LogP contribution in [0.2, 0.25) is 0 Å². The largest absolute Gasteiger partial charge is 0.461 e. The van der Waals surface area contributed by atoms with Gasteiger partial charge >= 0.3 is 5.97 Å². The fourth-order valence-corrected chi connectivity index (χ4v) is 0.683. The van der Waals surface area contributed by atoms with Crippen molar-refractivity contribution in [3.05, 3.63) is 12.2 Å². The summed E-state index contributed by atoms with van der Waals surface area (Å²) in [6.07, 6.45) is 10.1. The summed E-state index contributed by atoms with van der Waals surface area (Å²) in [4.78, 5) is 10.9. The van der Waals surface area contributed by atoms with E-state index in [1.165, 1.54) is 6.08 Å². The van der Waals surface area contributed by atoms with Crippen molar-refractivity contribution >= 4 is 5.97 Å². The van der Waals surface area contributed by atoms with Gasteiger partial charge in [-0.15, -0.1) is 6.42 Å². The zero-order valence-corrected chi connectivity index (χ0v) is 6.25. The molecule has 0 aromatic rings. The minimum Gasteiger partial charge on any atom is -0.461 e. The molecule has 0 aliphatic heterocycles. The highest BCUT2D eigenvalue weighted by Crippen LogP contribution is 2.29. The molecule has 11 heavy (non-hydrogen) atoms. The molecule has 0 aromatic carbocycles. The standard InChI is InChI=1S/C9H10O2/c1-2-3-4-7-11-9(10)8-5-6-8/h1,3-4,8H,5-7H2. The second-order valence-corrected chi connectivity index (χ2v) is 2.47. The van der Waals surface area contributed by atoms with E-state index in [0.29, 0.717) is 6.61 Å². The van der Waals surface area contributed by atoms with Gasteiger partial charge in [0.25, 0.3) is 0 Å². The Hall–Kier alpha value is -1.23. The molecule has 1 aliphatic carbocycles. The van der Waals surface area contributed by atoms with Crippen molar-refractivity contribution in [2.75, 3.05) is 6.61 Å². The zero-order valence-electron chi connectivity index (χ0n) is 6.25. The van der Waals surface area contributed by atoms with Gasteiger partial charge in [-0.05, 0) is 25.0 Å². The molecule has 0 saturated heterocycles. The maximum atomic E-state index is 10.9. The van der Waals surface area contributed by atoms with Crippen LogP contribution in [0.25, 0.3) is 0 Å². The maximum absolute atomic E-state index is 10.9. The molecule has 1 fully saturated rings. The molecule has 0 spiro atoms. The van der Waals surface area contributed by atoms with Crippen LogP contribution < -0.4 is 0 Å². The molecule has 0 N–H and O–H groups in total. The van der Waals surface area contributed by atoms with E-state index in [-0.39, 0.29) is 11.9 Å². The van der Waals surface area contributed by atoms with Crippen molar-refractivity contribution in [3.63, 3.8) is 0 Å². The van der Waals surface area contributed by atoms with Gasteiger partial charge in [-0.2, -0.15) is 0 Å². The van der Waals surface area contributed by atoms with Crippen LogP contribution in [-0.2, 0) is 9.53 Å². The van der Waals surface area contributed by atoms with Crippen molar-refractivity contribution in [3.8, 4) is 12.3 Å². The Kier molecular flexibility index (Phi) is 2.74. The highest BCUT2D eigenvalue weighted by atomic mass is 16.5. The van der Waals surface area contributed by atoms with Crippen LogP contribution in [-0.4, -0.2) is 12.6 Å². The molecule has 0 unspecified atom stereocenters. The van der Waals surface area contributed by atoms with Crippen LogP contribution in [0, 0.1) is 18.3 Å². The van der Waals surface area contributed by atoms with Crippen molar-refractivity contribution in [1.82, 2.24) is 0 Å². The molecule has 58 valence electrons. The third-order valence-corrected chi connectivity index (χ3v) is 1.45. The predicted molar refractivity (Wildman–Crippen MR) is 41.7 cm³/mol. The number of ether oxygens (including phenoxy) is 1. The normalized spacial score (nSPS) is 16.3. The smallest absolute Gasteiger partial charge is 0.309 e. The first kappa shape index (κ1) is 7.87. The van der Waals surface area contributed by atoms with E-state index in [4.69, 9.17) is 11.2 Å². The van der Waals surface area contributed by atoms with E-state index in [1.807, 2.05) is 0 Å². The van der Waals surface area contributed by atoms with E-state index in [1.54, 1.807) is 6.08 Å². The lowest BCUT2D eigenvalue weighted by Crippen LogP contribution is -2.05. The van der Waals surface area contributed by atoms with Gasteiger partial charge in [0.15, 0.2) is 0 Å². The second kappa shape index (κ2) is 3.82. The highest BCUT2D eigenvalue weighted by molar-refractivity contribution is 5.74. The van der Waals surface area contributed by atoms with Crippen LogP contribution >= 0.6 is 0 Å². The van der Waals surface area contributed by atoms with Crippen molar-refractivity contribution in [2.24, 2.45) is 5.92 Å².